The number of nitrogens with two attached hydrogens (primary N) is 1. The molecule has 1 fully saturated rings. The molecular formula is C16H24N2O2. The molecule has 110 valence electrons. The third kappa shape index (κ3) is 3.58. The van der Waals surface area contributed by atoms with Crippen molar-refractivity contribution in [1.82, 2.24) is 5.32 Å². The number of benzene rings is 1. The van der Waals surface area contributed by atoms with Crippen LogP contribution in [0.1, 0.15) is 38.3 Å². The molecule has 0 aromatic heterocycles. The van der Waals surface area contributed by atoms with Gasteiger partial charge >= 0.3 is 0 Å². The van der Waals surface area contributed by atoms with Crippen molar-refractivity contribution in [2.75, 3.05) is 6.54 Å². The van der Waals surface area contributed by atoms with Gasteiger partial charge in [-0.15, -0.1) is 0 Å². The van der Waals surface area contributed by atoms with Crippen LogP contribution in [-0.2, 0) is 9.53 Å². The van der Waals surface area contributed by atoms with Crippen molar-refractivity contribution in [1.29, 1.82) is 0 Å². The standard InChI is InChI=1S/C16H24N2O2/c1-11(2)15(12-6-4-3-5-7-12)18-16(19)14-9-8-13(10-17)20-14/h3-7,11,13-15H,8-10,17H2,1-2H3,(H,18,19)/t13-,14+,15?/m1/s1. The molecule has 1 unspecified atom stereocenters. The normalized spacial score (nSPS) is 23.8. The van der Waals surface area contributed by atoms with Crippen molar-refractivity contribution in [2.24, 2.45) is 11.7 Å². The van der Waals surface area contributed by atoms with Gasteiger partial charge in [-0.1, -0.05) is 44.2 Å². The SMILES string of the molecule is CC(C)C(NC(=O)[C@@H]1CC[C@H](CN)O1)c1ccccc1. The molecule has 2 rings (SSSR count). The molecule has 4 nitrogen and oxygen atoms in total. The molecular weight excluding hydrogens is 252 g/mol. The third-order valence-corrected chi connectivity index (χ3v) is 3.79. The topological polar surface area (TPSA) is 64.4 Å². The van der Waals surface area contributed by atoms with Gasteiger partial charge in [0.1, 0.15) is 6.10 Å². The van der Waals surface area contributed by atoms with Crippen LogP contribution in [0, 0.1) is 5.92 Å². The van der Waals surface area contributed by atoms with Crippen LogP contribution in [0.3, 0.4) is 0 Å². The average Bonchev–Trinajstić information content (AvgIpc) is 2.94. The highest BCUT2D eigenvalue weighted by molar-refractivity contribution is 5.81. The van der Waals surface area contributed by atoms with Gasteiger partial charge in [0, 0.05) is 6.54 Å². The molecule has 1 aliphatic heterocycles. The Balaban J connectivity index is 2.00. The zero-order valence-corrected chi connectivity index (χ0v) is 12.2. The summed E-state index contributed by atoms with van der Waals surface area (Å²) in [4.78, 5) is 12.3. The molecule has 0 spiro atoms. The van der Waals surface area contributed by atoms with Crippen LogP contribution in [0.5, 0.6) is 0 Å². The number of carbonyl (C=O) groups is 1. The van der Waals surface area contributed by atoms with E-state index in [9.17, 15) is 4.79 Å². The van der Waals surface area contributed by atoms with Crippen LogP contribution in [0.25, 0.3) is 0 Å². The lowest BCUT2D eigenvalue weighted by molar-refractivity contribution is -0.133. The maximum absolute atomic E-state index is 12.3. The molecule has 1 amide bonds. The van der Waals surface area contributed by atoms with E-state index < -0.39 is 0 Å². The Hall–Kier alpha value is -1.39. The predicted octanol–water partition coefficient (Wildman–Crippen LogP) is 2.01. The molecule has 0 saturated carbocycles. The Morgan fingerprint density at radius 1 is 1.35 bits per heavy atom. The van der Waals surface area contributed by atoms with Crippen LogP contribution < -0.4 is 11.1 Å². The maximum Gasteiger partial charge on any atom is 0.249 e. The van der Waals surface area contributed by atoms with E-state index in [4.69, 9.17) is 10.5 Å². The van der Waals surface area contributed by atoms with Crippen molar-refractivity contribution < 1.29 is 9.53 Å². The number of hydrogen-bond donors (Lipinski definition) is 2. The molecule has 0 bridgehead atoms. The monoisotopic (exact) mass is 276 g/mol. The minimum Gasteiger partial charge on any atom is -0.364 e. The van der Waals surface area contributed by atoms with Crippen LogP contribution in [-0.4, -0.2) is 24.7 Å². The minimum atomic E-state index is -0.353. The van der Waals surface area contributed by atoms with E-state index in [1.807, 2.05) is 30.3 Å². The van der Waals surface area contributed by atoms with Crippen LogP contribution in [0.15, 0.2) is 30.3 Å². The van der Waals surface area contributed by atoms with E-state index >= 15 is 0 Å². The molecule has 1 aromatic carbocycles. The van der Waals surface area contributed by atoms with Gasteiger partial charge in [-0.3, -0.25) is 4.79 Å². The van der Waals surface area contributed by atoms with E-state index in [1.54, 1.807) is 0 Å². The number of nitrogens with one attached hydrogen (secondary N) is 1. The highest BCUT2D eigenvalue weighted by Gasteiger charge is 2.31. The summed E-state index contributed by atoms with van der Waals surface area (Å²) < 4.78 is 5.65. The van der Waals surface area contributed by atoms with Crippen molar-refractivity contribution in [3.05, 3.63) is 35.9 Å². The van der Waals surface area contributed by atoms with E-state index in [2.05, 4.69) is 19.2 Å². The minimum absolute atomic E-state index is 0.0178. The number of amides is 1. The van der Waals surface area contributed by atoms with Crippen LogP contribution in [0.4, 0.5) is 0 Å². The van der Waals surface area contributed by atoms with Gasteiger partial charge in [0.25, 0.3) is 0 Å². The van der Waals surface area contributed by atoms with Crippen molar-refractivity contribution in [2.45, 2.75) is 44.9 Å². The highest BCUT2D eigenvalue weighted by Crippen LogP contribution is 2.24. The molecule has 20 heavy (non-hydrogen) atoms. The highest BCUT2D eigenvalue weighted by atomic mass is 16.5. The van der Waals surface area contributed by atoms with Crippen molar-refractivity contribution in [3.8, 4) is 0 Å². The summed E-state index contributed by atoms with van der Waals surface area (Å²) in [6.07, 6.45) is 1.30. The lowest BCUT2D eigenvalue weighted by Crippen LogP contribution is -2.39. The van der Waals surface area contributed by atoms with Gasteiger partial charge in [-0.05, 0) is 24.3 Å². The second-order valence-electron chi connectivity index (χ2n) is 5.70. The molecule has 4 heteroatoms. The number of hydrogen-bond acceptors (Lipinski definition) is 3. The van der Waals surface area contributed by atoms with Gasteiger partial charge in [-0.25, -0.2) is 0 Å². The summed E-state index contributed by atoms with van der Waals surface area (Å²) in [6.45, 7) is 4.70. The van der Waals surface area contributed by atoms with E-state index in [1.165, 1.54) is 0 Å². The second kappa shape index (κ2) is 6.86. The maximum atomic E-state index is 12.3. The lowest BCUT2D eigenvalue weighted by Gasteiger charge is -2.24. The average molecular weight is 276 g/mol. The molecule has 0 radical (unpaired) electrons. The predicted molar refractivity (Wildman–Crippen MR) is 79.1 cm³/mol. The van der Waals surface area contributed by atoms with Crippen LogP contribution >= 0.6 is 0 Å². The summed E-state index contributed by atoms with van der Waals surface area (Å²) in [6, 6.07) is 10.1. The fourth-order valence-electron chi connectivity index (χ4n) is 2.61. The summed E-state index contributed by atoms with van der Waals surface area (Å²) in [7, 11) is 0. The Labute approximate surface area is 120 Å². The van der Waals surface area contributed by atoms with E-state index in [-0.39, 0.29) is 24.2 Å². The van der Waals surface area contributed by atoms with Crippen molar-refractivity contribution in [3.63, 3.8) is 0 Å². The van der Waals surface area contributed by atoms with Gasteiger partial charge in [0.05, 0.1) is 12.1 Å². The quantitative estimate of drug-likeness (QED) is 0.864. The van der Waals surface area contributed by atoms with E-state index in [0.717, 1.165) is 18.4 Å². The molecule has 1 saturated heterocycles. The lowest BCUT2D eigenvalue weighted by atomic mass is 9.95. The Morgan fingerprint density at radius 3 is 2.60 bits per heavy atom. The number of ether oxygens (including phenoxy) is 1. The first kappa shape index (κ1) is 15.0. The summed E-state index contributed by atoms with van der Waals surface area (Å²) in [5.41, 5.74) is 6.71. The second-order valence-corrected chi connectivity index (χ2v) is 5.70. The molecule has 1 aromatic rings. The van der Waals surface area contributed by atoms with Gasteiger partial charge in [0.15, 0.2) is 0 Å². The first-order chi connectivity index (χ1) is 9.61. The molecule has 0 aliphatic carbocycles. The molecule has 3 N–H and O–H groups in total. The third-order valence-electron chi connectivity index (χ3n) is 3.79. The van der Waals surface area contributed by atoms with Crippen LogP contribution in [0.2, 0.25) is 0 Å². The van der Waals surface area contributed by atoms with Crippen molar-refractivity contribution >= 4 is 5.91 Å². The number of rotatable bonds is 5. The van der Waals surface area contributed by atoms with E-state index in [0.29, 0.717) is 12.5 Å². The zero-order chi connectivity index (χ0) is 14.5. The smallest absolute Gasteiger partial charge is 0.249 e. The van der Waals surface area contributed by atoms with Gasteiger partial charge < -0.3 is 15.8 Å². The summed E-state index contributed by atoms with van der Waals surface area (Å²) in [5, 5.41) is 3.11. The number of carbonyl (C=O) groups excluding carboxylic acids is 1. The molecule has 1 aliphatic rings. The molecule has 1 heterocycles. The fraction of sp³-hybridized carbons (Fsp3) is 0.562. The fourth-order valence-corrected chi connectivity index (χ4v) is 2.61. The Morgan fingerprint density at radius 2 is 2.05 bits per heavy atom. The zero-order valence-electron chi connectivity index (χ0n) is 12.2. The first-order valence-corrected chi connectivity index (χ1v) is 7.32. The summed E-state index contributed by atoms with van der Waals surface area (Å²) in [5.74, 6) is 0.302. The first-order valence-electron chi connectivity index (χ1n) is 7.32. The Kier molecular flexibility index (Phi) is 5.15. The summed E-state index contributed by atoms with van der Waals surface area (Å²) >= 11 is 0. The largest absolute Gasteiger partial charge is 0.364 e. The Bertz CT molecular complexity index is 433. The van der Waals surface area contributed by atoms with Gasteiger partial charge in [-0.2, -0.15) is 0 Å². The molecule has 3 atom stereocenters. The van der Waals surface area contributed by atoms with Gasteiger partial charge in [0.2, 0.25) is 5.91 Å².